The van der Waals surface area contributed by atoms with Crippen LogP contribution in [0.15, 0.2) is 18.7 Å². The maximum Gasteiger partial charge on any atom is 0.339 e. The Morgan fingerprint density at radius 3 is 2.60 bits per heavy atom. The average Bonchev–Trinajstić information content (AvgIpc) is 2.29. The van der Waals surface area contributed by atoms with E-state index in [9.17, 15) is 4.57 Å². The first-order valence-corrected chi connectivity index (χ1v) is 5.91. The third-order valence-electron chi connectivity index (χ3n) is 2.03. The number of aliphatic hydroxyl groups is 1. The molecule has 0 aromatic carbocycles. The lowest BCUT2D eigenvalue weighted by Crippen LogP contribution is -2.03. The van der Waals surface area contributed by atoms with Crippen molar-refractivity contribution in [3.63, 3.8) is 0 Å². The minimum Gasteiger partial charge on any atom is -0.370 e. The van der Waals surface area contributed by atoms with Crippen LogP contribution in [0.4, 0.5) is 0 Å². The lowest BCUT2D eigenvalue weighted by Gasteiger charge is -2.21. The van der Waals surface area contributed by atoms with Gasteiger partial charge in [-0.3, -0.25) is 9.09 Å². The zero-order chi connectivity index (χ0) is 11.3. The van der Waals surface area contributed by atoms with Gasteiger partial charge < -0.3 is 9.63 Å². The van der Waals surface area contributed by atoms with Gasteiger partial charge in [-0.25, -0.2) is 9.97 Å². The monoisotopic (exact) mass is 232 g/mol. The third-order valence-corrected chi connectivity index (χ3v) is 4.26. The van der Waals surface area contributed by atoms with Gasteiger partial charge in [0.15, 0.2) is 6.79 Å². The van der Waals surface area contributed by atoms with Crippen LogP contribution in [0.5, 0.6) is 0 Å². The third kappa shape index (κ3) is 2.82. The van der Waals surface area contributed by atoms with Crippen molar-refractivity contribution in [2.45, 2.75) is 12.6 Å². The molecule has 1 aromatic heterocycles. The standard InChI is InChI=1S/C8H13N2O4P/c1-7(8-3-9-5-10-4-8)15(12,13-2)14-6-11/h3-5,7,11H,6H2,1-2H3. The molecule has 2 atom stereocenters. The minimum atomic E-state index is -3.34. The molecule has 1 rings (SSSR count). The Bertz CT molecular complexity index is 346. The van der Waals surface area contributed by atoms with Crippen molar-refractivity contribution in [1.82, 2.24) is 9.97 Å². The molecule has 84 valence electrons. The lowest BCUT2D eigenvalue weighted by molar-refractivity contribution is 0.0790. The highest BCUT2D eigenvalue weighted by atomic mass is 31.2. The van der Waals surface area contributed by atoms with Crippen LogP contribution in [0.2, 0.25) is 0 Å². The molecule has 1 aromatic rings. The Labute approximate surface area is 87.8 Å². The van der Waals surface area contributed by atoms with E-state index in [1.165, 1.54) is 25.8 Å². The van der Waals surface area contributed by atoms with Crippen LogP contribution >= 0.6 is 7.60 Å². The molecule has 0 saturated carbocycles. The number of hydrogen-bond donors (Lipinski definition) is 1. The van der Waals surface area contributed by atoms with Crippen molar-refractivity contribution >= 4 is 7.60 Å². The summed E-state index contributed by atoms with van der Waals surface area (Å²) >= 11 is 0. The highest BCUT2D eigenvalue weighted by molar-refractivity contribution is 7.54. The van der Waals surface area contributed by atoms with Gasteiger partial charge in [0, 0.05) is 25.1 Å². The van der Waals surface area contributed by atoms with Crippen molar-refractivity contribution in [3.05, 3.63) is 24.3 Å². The molecular weight excluding hydrogens is 219 g/mol. The van der Waals surface area contributed by atoms with Gasteiger partial charge in [0.1, 0.15) is 6.33 Å². The molecule has 1 N–H and O–H groups in total. The molecule has 0 radical (unpaired) electrons. The van der Waals surface area contributed by atoms with Gasteiger partial charge in [0.25, 0.3) is 0 Å². The number of aliphatic hydroxyl groups excluding tert-OH is 1. The van der Waals surface area contributed by atoms with Crippen molar-refractivity contribution in [1.29, 1.82) is 0 Å². The summed E-state index contributed by atoms with van der Waals surface area (Å²) in [7, 11) is -2.07. The largest absolute Gasteiger partial charge is 0.370 e. The topological polar surface area (TPSA) is 81.5 Å². The molecule has 7 heteroatoms. The van der Waals surface area contributed by atoms with E-state index in [1.54, 1.807) is 6.92 Å². The fraction of sp³-hybridized carbons (Fsp3) is 0.500. The van der Waals surface area contributed by atoms with Crippen LogP contribution in [0.3, 0.4) is 0 Å². The van der Waals surface area contributed by atoms with Gasteiger partial charge in [0.2, 0.25) is 0 Å². The smallest absolute Gasteiger partial charge is 0.339 e. The second kappa shape index (κ2) is 5.32. The normalized spacial score (nSPS) is 17.0. The van der Waals surface area contributed by atoms with Crippen LogP contribution in [-0.2, 0) is 13.6 Å². The van der Waals surface area contributed by atoms with E-state index in [2.05, 4.69) is 9.97 Å². The maximum absolute atomic E-state index is 12.0. The summed E-state index contributed by atoms with van der Waals surface area (Å²) in [6.07, 6.45) is 4.44. The first-order chi connectivity index (χ1) is 7.14. The molecule has 0 amide bonds. The molecule has 0 bridgehead atoms. The second-order valence-corrected chi connectivity index (χ2v) is 5.31. The minimum absolute atomic E-state index is 0.518. The predicted octanol–water partition coefficient (Wildman–Crippen LogP) is 1.34. The molecule has 0 aliphatic rings. The molecule has 15 heavy (non-hydrogen) atoms. The highest BCUT2D eigenvalue weighted by Crippen LogP contribution is 2.59. The molecule has 2 unspecified atom stereocenters. The van der Waals surface area contributed by atoms with Crippen LogP contribution < -0.4 is 0 Å². The Kier molecular flexibility index (Phi) is 4.35. The first kappa shape index (κ1) is 12.3. The quantitative estimate of drug-likeness (QED) is 0.609. The maximum atomic E-state index is 12.0. The fourth-order valence-corrected chi connectivity index (χ4v) is 2.42. The average molecular weight is 232 g/mol. The summed E-state index contributed by atoms with van der Waals surface area (Å²) < 4.78 is 21.6. The SMILES string of the molecule is COP(=O)(OCO)C(C)c1cncnc1. The number of hydrogen-bond acceptors (Lipinski definition) is 6. The zero-order valence-corrected chi connectivity index (χ0v) is 9.42. The summed E-state index contributed by atoms with van der Waals surface area (Å²) in [5.74, 6) is 0. The second-order valence-electron chi connectivity index (χ2n) is 2.83. The van der Waals surface area contributed by atoms with E-state index in [1.807, 2.05) is 0 Å². The van der Waals surface area contributed by atoms with E-state index in [-0.39, 0.29) is 0 Å². The van der Waals surface area contributed by atoms with E-state index in [0.717, 1.165) is 0 Å². The summed E-state index contributed by atoms with van der Waals surface area (Å²) in [4.78, 5) is 7.62. The van der Waals surface area contributed by atoms with E-state index in [4.69, 9.17) is 14.2 Å². The van der Waals surface area contributed by atoms with Crippen LogP contribution in [-0.4, -0.2) is 29.0 Å². The Balaban J connectivity index is 2.92. The Hall–Kier alpha value is -0.810. The number of aromatic nitrogens is 2. The zero-order valence-electron chi connectivity index (χ0n) is 8.53. The van der Waals surface area contributed by atoms with E-state index in [0.29, 0.717) is 5.56 Å². The summed E-state index contributed by atoms with van der Waals surface area (Å²) in [6.45, 7) is 1.02. The van der Waals surface area contributed by atoms with Crippen LogP contribution in [0.1, 0.15) is 18.1 Å². The summed E-state index contributed by atoms with van der Waals surface area (Å²) in [5.41, 5.74) is 0.118. The van der Waals surface area contributed by atoms with Crippen LogP contribution in [0, 0.1) is 0 Å². The summed E-state index contributed by atoms with van der Waals surface area (Å²) in [6, 6.07) is 0. The van der Waals surface area contributed by atoms with E-state index < -0.39 is 20.0 Å². The molecule has 1 heterocycles. The predicted molar refractivity (Wildman–Crippen MR) is 53.2 cm³/mol. The Morgan fingerprint density at radius 2 is 2.13 bits per heavy atom. The van der Waals surface area contributed by atoms with Crippen molar-refractivity contribution in [2.24, 2.45) is 0 Å². The molecular formula is C8H13N2O4P. The Morgan fingerprint density at radius 1 is 1.53 bits per heavy atom. The van der Waals surface area contributed by atoms with Gasteiger partial charge >= 0.3 is 7.60 Å². The lowest BCUT2D eigenvalue weighted by atomic mass is 10.3. The molecule has 0 aliphatic heterocycles. The molecule has 0 aliphatic carbocycles. The first-order valence-electron chi connectivity index (χ1n) is 4.30. The van der Waals surface area contributed by atoms with E-state index >= 15 is 0 Å². The number of rotatable bonds is 5. The fourth-order valence-electron chi connectivity index (χ4n) is 1.11. The molecule has 0 saturated heterocycles. The van der Waals surface area contributed by atoms with Gasteiger partial charge in [-0.1, -0.05) is 0 Å². The van der Waals surface area contributed by atoms with Crippen molar-refractivity contribution in [2.75, 3.05) is 13.9 Å². The molecule has 6 nitrogen and oxygen atoms in total. The van der Waals surface area contributed by atoms with Gasteiger partial charge in [0.05, 0.1) is 5.66 Å². The van der Waals surface area contributed by atoms with Crippen molar-refractivity contribution in [3.8, 4) is 0 Å². The van der Waals surface area contributed by atoms with Crippen LogP contribution in [0.25, 0.3) is 0 Å². The molecule has 0 fully saturated rings. The highest BCUT2D eigenvalue weighted by Gasteiger charge is 2.32. The number of nitrogens with zero attached hydrogens (tertiary/aromatic N) is 2. The van der Waals surface area contributed by atoms with Gasteiger partial charge in [-0.05, 0) is 6.92 Å². The van der Waals surface area contributed by atoms with Gasteiger partial charge in [-0.15, -0.1) is 0 Å². The summed E-state index contributed by atoms with van der Waals surface area (Å²) in [5, 5.41) is 8.62. The van der Waals surface area contributed by atoms with Gasteiger partial charge in [-0.2, -0.15) is 0 Å². The van der Waals surface area contributed by atoms with Crippen molar-refractivity contribution < 1.29 is 18.7 Å². The molecule has 0 spiro atoms.